The highest BCUT2D eigenvalue weighted by atomic mass is 32.2. The first-order chi connectivity index (χ1) is 17.1. The van der Waals surface area contributed by atoms with Crippen LogP contribution in [0.1, 0.15) is 27.0 Å². The summed E-state index contributed by atoms with van der Waals surface area (Å²) < 4.78 is 5.52. The minimum absolute atomic E-state index is 0.00194. The number of anilines is 1. The Morgan fingerprint density at radius 1 is 0.914 bits per heavy atom. The van der Waals surface area contributed by atoms with Gasteiger partial charge in [0.05, 0.1) is 12.8 Å². The van der Waals surface area contributed by atoms with Crippen LogP contribution in [0.5, 0.6) is 5.75 Å². The van der Waals surface area contributed by atoms with E-state index in [1.54, 1.807) is 7.11 Å². The monoisotopic (exact) mass is 489 g/mol. The third kappa shape index (κ3) is 7.26. The molecule has 1 aliphatic heterocycles. The summed E-state index contributed by atoms with van der Waals surface area (Å²) in [6, 6.07) is 24.9. The number of thioether (sulfide) groups is 1. The molecule has 3 aromatic rings. The predicted octanol–water partition coefficient (Wildman–Crippen LogP) is 4.99. The van der Waals surface area contributed by atoms with Gasteiger partial charge in [-0.05, 0) is 42.3 Å². The van der Waals surface area contributed by atoms with Crippen LogP contribution in [0.3, 0.4) is 0 Å². The van der Waals surface area contributed by atoms with E-state index in [0.29, 0.717) is 6.54 Å². The fraction of sp³-hybridized carbons (Fsp3) is 0.345. The van der Waals surface area contributed by atoms with Crippen molar-refractivity contribution in [2.45, 2.75) is 19.2 Å². The second kappa shape index (κ2) is 12.7. The first kappa shape index (κ1) is 25.1. The van der Waals surface area contributed by atoms with Gasteiger partial charge >= 0.3 is 0 Å². The topological polar surface area (TPSA) is 44.8 Å². The Kier molecular flexibility index (Phi) is 9.09. The average Bonchev–Trinajstić information content (AvgIpc) is 2.90. The van der Waals surface area contributed by atoms with E-state index < -0.39 is 0 Å². The molecular formula is C29H35N3O2S. The van der Waals surface area contributed by atoms with Crippen molar-refractivity contribution in [1.29, 1.82) is 0 Å². The van der Waals surface area contributed by atoms with E-state index in [2.05, 4.69) is 70.6 Å². The third-order valence-electron chi connectivity index (χ3n) is 6.34. The number of aryl methyl sites for hydroxylation is 1. The Morgan fingerprint density at radius 2 is 1.60 bits per heavy atom. The SMILES string of the molecule is COc1ccccc1N1CCN(Cc2ccc(C(=O)NCCSCc3ccc(C)cc3)cc2)CC1. The second-order valence-electron chi connectivity index (χ2n) is 8.93. The maximum absolute atomic E-state index is 12.5. The molecule has 0 bridgehead atoms. The summed E-state index contributed by atoms with van der Waals surface area (Å²) in [5, 5.41) is 3.04. The van der Waals surface area contributed by atoms with Gasteiger partial charge in [-0.15, -0.1) is 0 Å². The first-order valence-corrected chi connectivity index (χ1v) is 13.4. The van der Waals surface area contributed by atoms with Gasteiger partial charge in [0.1, 0.15) is 5.75 Å². The van der Waals surface area contributed by atoms with Crippen molar-refractivity contribution >= 4 is 23.4 Å². The fourth-order valence-corrected chi connectivity index (χ4v) is 5.09. The smallest absolute Gasteiger partial charge is 0.251 e. The van der Waals surface area contributed by atoms with Crippen LogP contribution in [0, 0.1) is 6.92 Å². The van der Waals surface area contributed by atoms with Crippen LogP contribution in [0.4, 0.5) is 5.69 Å². The highest BCUT2D eigenvalue weighted by Gasteiger charge is 2.19. The number of nitrogens with zero attached hydrogens (tertiary/aromatic N) is 2. The van der Waals surface area contributed by atoms with Crippen LogP contribution in [0.2, 0.25) is 0 Å². The van der Waals surface area contributed by atoms with Gasteiger partial charge in [-0.3, -0.25) is 9.69 Å². The van der Waals surface area contributed by atoms with Crippen molar-refractivity contribution in [3.05, 3.63) is 95.1 Å². The molecule has 1 fully saturated rings. The zero-order valence-corrected chi connectivity index (χ0v) is 21.5. The molecule has 0 unspecified atom stereocenters. The molecule has 0 saturated carbocycles. The van der Waals surface area contributed by atoms with Gasteiger partial charge in [0.25, 0.3) is 5.91 Å². The number of rotatable bonds is 10. The lowest BCUT2D eigenvalue weighted by atomic mass is 10.1. The fourth-order valence-electron chi connectivity index (χ4n) is 4.27. The van der Waals surface area contributed by atoms with Crippen molar-refractivity contribution in [2.75, 3.05) is 50.5 Å². The molecule has 3 aromatic carbocycles. The van der Waals surface area contributed by atoms with Crippen LogP contribution in [-0.4, -0.2) is 56.4 Å². The Hall–Kier alpha value is -2.96. The van der Waals surface area contributed by atoms with Crippen molar-refractivity contribution < 1.29 is 9.53 Å². The molecule has 1 N–H and O–H groups in total. The van der Waals surface area contributed by atoms with E-state index in [0.717, 1.165) is 55.5 Å². The third-order valence-corrected chi connectivity index (χ3v) is 7.37. The number of carbonyl (C=O) groups excluding carboxylic acids is 1. The number of nitrogens with one attached hydrogen (secondary N) is 1. The molecule has 0 aromatic heterocycles. The maximum atomic E-state index is 12.5. The summed E-state index contributed by atoms with van der Waals surface area (Å²) in [7, 11) is 1.73. The molecule has 5 nitrogen and oxygen atoms in total. The van der Waals surface area contributed by atoms with Crippen molar-refractivity contribution in [3.63, 3.8) is 0 Å². The standard InChI is InChI=1S/C29H35N3O2S/c1-23-7-9-25(10-8-23)22-35-20-15-30-29(33)26-13-11-24(12-14-26)21-31-16-18-32(19-17-31)27-5-3-4-6-28(27)34-2/h3-14H,15-22H2,1-2H3,(H,30,33). The number of carbonyl (C=O) groups is 1. The molecule has 1 aliphatic rings. The van der Waals surface area contributed by atoms with Gasteiger partial charge in [-0.2, -0.15) is 11.8 Å². The van der Waals surface area contributed by atoms with Crippen LogP contribution >= 0.6 is 11.8 Å². The molecule has 0 atom stereocenters. The lowest BCUT2D eigenvalue weighted by molar-refractivity contribution is 0.0956. The molecule has 4 rings (SSSR count). The van der Waals surface area contributed by atoms with E-state index in [9.17, 15) is 4.79 Å². The number of para-hydroxylation sites is 2. The first-order valence-electron chi connectivity index (χ1n) is 12.2. The Morgan fingerprint density at radius 3 is 2.31 bits per heavy atom. The second-order valence-corrected chi connectivity index (χ2v) is 10.0. The largest absolute Gasteiger partial charge is 0.495 e. The highest BCUT2D eigenvalue weighted by molar-refractivity contribution is 7.98. The zero-order valence-electron chi connectivity index (χ0n) is 20.7. The minimum Gasteiger partial charge on any atom is -0.495 e. The van der Waals surface area contributed by atoms with Gasteiger partial charge in [0.15, 0.2) is 0 Å². The highest BCUT2D eigenvalue weighted by Crippen LogP contribution is 2.28. The number of amides is 1. The minimum atomic E-state index is -0.00194. The molecule has 0 radical (unpaired) electrons. The molecular weight excluding hydrogens is 454 g/mol. The summed E-state index contributed by atoms with van der Waals surface area (Å²) in [6.45, 7) is 7.63. The summed E-state index contributed by atoms with van der Waals surface area (Å²) >= 11 is 1.84. The van der Waals surface area contributed by atoms with Crippen molar-refractivity contribution in [3.8, 4) is 5.75 Å². The van der Waals surface area contributed by atoms with E-state index >= 15 is 0 Å². The van der Waals surface area contributed by atoms with Crippen molar-refractivity contribution in [2.24, 2.45) is 0 Å². The summed E-state index contributed by atoms with van der Waals surface area (Å²) in [6.07, 6.45) is 0. The molecule has 1 heterocycles. The lowest BCUT2D eigenvalue weighted by Crippen LogP contribution is -2.46. The van der Waals surface area contributed by atoms with E-state index in [1.165, 1.54) is 22.4 Å². The van der Waals surface area contributed by atoms with E-state index in [4.69, 9.17) is 4.74 Å². The predicted molar refractivity (Wildman–Crippen MR) is 147 cm³/mol. The number of methoxy groups -OCH3 is 1. The number of benzene rings is 3. The van der Waals surface area contributed by atoms with Crippen LogP contribution < -0.4 is 15.0 Å². The maximum Gasteiger partial charge on any atom is 0.251 e. The number of piperazine rings is 1. The summed E-state index contributed by atoms with van der Waals surface area (Å²) in [5.74, 6) is 2.80. The van der Waals surface area contributed by atoms with Crippen molar-refractivity contribution in [1.82, 2.24) is 10.2 Å². The van der Waals surface area contributed by atoms with Gasteiger partial charge in [0.2, 0.25) is 0 Å². The Bertz CT molecular complexity index is 1080. The van der Waals surface area contributed by atoms with Crippen LogP contribution in [-0.2, 0) is 12.3 Å². The molecule has 1 saturated heterocycles. The Labute approximate surface area is 213 Å². The van der Waals surface area contributed by atoms with Gasteiger partial charge in [-0.25, -0.2) is 0 Å². The van der Waals surface area contributed by atoms with Gasteiger partial charge in [-0.1, -0.05) is 54.1 Å². The molecule has 0 aliphatic carbocycles. The van der Waals surface area contributed by atoms with Gasteiger partial charge < -0.3 is 15.0 Å². The molecule has 1 amide bonds. The van der Waals surface area contributed by atoms with Gasteiger partial charge in [0, 0.05) is 56.3 Å². The van der Waals surface area contributed by atoms with E-state index in [1.807, 2.05) is 36.0 Å². The molecule has 35 heavy (non-hydrogen) atoms. The Balaban J connectivity index is 1.17. The number of ether oxygens (including phenoxy) is 1. The zero-order chi connectivity index (χ0) is 24.5. The molecule has 184 valence electrons. The van der Waals surface area contributed by atoms with Crippen LogP contribution in [0.15, 0.2) is 72.8 Å². The average molecular weight is 490 g/mol. The number of hydrogen-bond acceptors (Lipinski definition) is 5. The molecule has 6 heteroatoms. The normalized spacial score (nSPS) is 14.1. The lowest BCUT2D eigenvalue weighted by Gasteiger charge is -2.36. The van der Waals surface area contributed by atoms with E-state index in [-0.39, 0.29) is 5.91 Å². The summed E-state index contributed by atoms with van der Waals surface area (Å²) in [5.41, 5.74) is 5.73. The number of hydrogen-bond donors (Lipinski definition) is 1. The molecule has 0 spiro atoms. The quantitative estimate of drug-likeness (QED) is 0.407. The van der Waals surface area contributed by atoms with Crippen LogP contribution in [0.25, 0.3) is 0 Å². The summed E-state index contributed by atoms with van der Waals surface area (Å²) in [4.78, 5) is 17.3.